The molecule has 0 aliphatic heterocycles. The Bertz CT molecular complexity index is 346. The van der Waals surface area contributed by atoms with Gasteiger partial charge in [0.25, 0.3) is 5.56 Å². The molecule has 1 heterocycles. The van der Waals surface area contributed by atoms with Gasteiger partial charge in [-0.15, -0.1) is 0 Å². The summed E-state index contributed by atoms with van der Waals surface area (Å²) in [6.07, 6.45) is 0.605. The first-order valence-electron chi connectivity index (χ1n) is 3.82. The predicted octanol–water partition coefficient (Wildman–Crippen LogP) is 0.649. The standard InChI is InChI=1S/C8H12N2O2/c1-5(2)7-6(4-11)8(12)10(3)9-7/h4-5,9H,1-3H3. The van der Waals surface area contributed by atoms with Crippen LogP contribution in [0.4, 0.5) is 0 Å². The minimum atomic E-state index is -0.256. The van der Waals surface area contributed by atoms with Crippen molar-refractivity contribution >= 4 is 6.29 Å². The van der Waals surface area contributed by atoms with E-state index in [2.05, 4.69) is 5.10 Å². The molecule has 0 aromatic carbocycles. The molecule has 1 aromatic heterocycles. The van der Waals surface area contributed by atoms with Gasteiger partial charge in [-0.3, -0.25) is 19.4 Å². The number of nitrogens with zero attached hydrogens (tertiary/aromatic N) is 1. The number of carbonyl (C=O) groups excluding carboxylic acids is 1. The zero-order valence-electron chi connectivity index (χ0n) is 7.42. The molecule has 0 saturated heterocycles. The molecule has 0 atom stereocenters. The van der Waals surface area contributed by atoms with Gasteiger partial charge in [-0.2, -0.15) is 0 Å². The molecule has 0 aliphatic rings. The third-order valence-electron chi connectivity index (χ3n) is 1.81. The Kier molecular flexibility index (Phi) is 2.17. The van der Waals surface area contributed by atoms with Crippen molar-refractivity contribution in [3.8, 4) is 0 Å². The Labute approximate surface area is 70.2 Å². The summed E-state index contributed by atoms with van der Waals surface area (Å²) in [6.45, 7) is 3.86. The summed E-state index contributed by atoms with van der Waals surface area (Å²) in [4.78, 5) is 21.8. The summed E-state index contributed by atoms with van der Waals surface area (Å²) >= 11 is 0. The van der Waals surface area contributed by atoms with E-state index < -0.39 is 0 Å². The van der Waals surface area contributed by atoms with Gasteiger partial charge in [0.05, 0.1) is 5.69 Å². The van der Waals surface area contributed by atoms with Crippen LogP contribution in [0.5, 0.6) is 0 Å². The summed E-state index contributed by atoms with van der Waals surface area (Å²) in [5.74, 6) is 0.166. The van der Waals surface area contributed by atoms with Gasteiger partial charge in [0.2, 0.25) is 0 Å². The SMILES string of the molecule is CC(C)c1[nH]n(C)c(=O)c1C=O. The topological polar surface area (TPSA) is 54.9 Å². The van der Waals surface area contributed by atoms with Crippen molar-refractivity contribution in [1.29, 1.82) is 0 Å². The van der Waals surface area contributed by atoms with Gasteiger partial charge in [-0.05, 0) is 5.92 Å². The number of aromatic amines is 1. The van der Waals surface area contributed by atoms with E-state index in [1.165, 1.54) is 4.68 Å². The quantitative estimate of drug-likeness (QED) is 0.659. The second kappa shape index (κ2) is 2.97. The third kappa shape index (κ3) is 1.20. The van der Waals surface area contributed by atoms with Crippen molar-refractivity contribution < 1.29 is 4.79 Å². The molecule has 0 fully saturated rings. The van der Waals surface area contributed by atoms with Gasteiger partial charge in [0, 0.05) is 7.05 Å². The van der Waals surface area contributed by atoms with Crippen molar-refractivity contribution in [2.24, 2.45) is 7.05 Å². The van der Waals surface area contributed by atoms with E-state index in [9.17, 15) is 9.59 Å². The van der Waals surface area contributed by atoms with Crippen LogP contribution in [0.15, 0.2) is 4.79 Å². The van der Waals surface area contributed by atoms with Crippen LogP contribution < -0.4 is 5.56 Å². The number of aldehydes is 1. The lowest BCUT2D eigenvalue weighted by Gasteiger charge is -1.99. The highest BCUT2D eigenvalue weighted by molar-refractivity contribution is 5.76. The molecule has 4 heteroatoms. The number of H-pyrrole nitrogens is 1. The molecule has 0 amide bonds. The summed E-state index contributed by atoms with van der Waals surface area (Å²) < 4.78 is 1.32. The molecular formula is C8H12N2O2. The lowest BCUT2D eigenvalue weighted by molar-refractivity contribution is 0.112. The van der Waals surface area contributed by atoms with E-state index in [1.807, 2.05) is 13.8 Å². The van der Waals surface area contributed by atoms with Crippen LogP contribution >= 0.6 is 0 Å². The molecule has 4 nitrogen and oxygen atoms in total. The minimum absolute atomic E-state index is 0.166. The molecule has 1 aromatic rings. The fraction of sp³-hybridized carbons (Fsp3) is 0.500. The maximum absolute atomic E-state index is 11.2. The molecule has 0 bridgehead atoms. The number of nitrogens with one attached hydrogen (secondary N) is 1. The zero-order valence-corrected chi connectivity index (χ0v) is 7.42. The molecule has 0 saturated carbocycles. The molecule has 0 unspecified atom stereocenters. The van der Waals surface area contributed by atoms with E-state index in [0.29, 0.717) is 12.0 Å². The van der Waals surface area contributed by atoms with Crippen LogP contribution in [0.3, 0.4) is 0 Å². The Balaban J connectivity index is 3.39. The van der Waals surface area contributed by atoms with Gasteiger partial charge in [-0.1, -0.05) is 13.8 Å². The Hall–Kier alpha value is -1.32. The van der Waals surface area contributed by atoms with Gasteiger partial charge in [0.15, 0.2) is 6.29 Å². The van der Waals surface area contributed by atoms with E-state index in [1.54, 1.807) is 7.05 Å². The van der Waals surface area contributed by atoms with E-state index in [4.69, 9.17) is 0 Å². The number of rotatable bonds is 2. The van der Waals surface area contributed by atoms with Crippen molar-refractivity contribution in [2.75, 3.05) is 0 Å². The van der Waals surface area contributed by atoms with Crippen molar-refractivity contribution in [3.63, 3.8) is 0 Å². The van der Waals surface area contributed by atoms with E-state index in [0.717, 1.165) is 0 Å². The monoisotopic (exact) mass is 168 g/mol. The first-order valence-corrected chi connectivity index (χ1v) is 3.82. The highest BCUT2D eigenvalue weighted by atomic mass is 16.1. The van der Waals surface area contributed by atoms with E-state index >= 15 is 0 Å². The first-order chi connectivity index (χ1) is 5.57. The number of carbonyl (C=O) groups is 1. The Morgan fingerprint density at radius 3 is 2.42 bits per heavy atom. The number of hydrogen-bond acceptors (Lipinski definition) is 2. The van der Waals surface area contributed by atoms with Gasteiger partial charge < -0.3 is 0 Å². The predicted molar refractivity (Wildman–Crippen MR) is 45.5 cm³/mol. The zero-order chi connectivity index (χ0) is 9.30. The number of hydrogen-bond donors (Lipinski definition) is 1. The third-order valence-corrected chi connectivity index (χ3v) is 1.81. The minimum Gasteiger partial charge on any atom is -0.299 e. The smallest absolute Gasteiger partial charge is 0.277 e. The number of aryl methyl sites for hydroxylation is 1. The molecule has 1 rings (SSSR count). The van der Waals surface area contributed by atoms with Crippen molar-refractivity contribution in [3.05, 3.63) is 21.6 Å². The van der Waals surface area contributed by atoms with Gasteiger partial charge in [0.1, 0.15) is 5.56 Å². The Morgan fingerprint density at radius 1 is 1.50 bits per heavy atom. The summed E-state index contributed by atoms with van der Waals surface area (Å²) in [7, 11) is 1.60. The summed E-state index contributed by atoms with van der Waals surface area (Å²) in [6, 6.07) is 0. The maximum Gasteiger partial charge on any atom is 0.277 e. The fourth-order valence-electron chi connectivity index (χ4n) is 1.14. The first kappa shape index (κ1) is 8.77. The maximum atomic E-state index is 11.2. The van der Waals surface area contributed by atoms with Crippen LogP contribution in [0.25, 0.3) is 0 Å². The molecule has 0 aliphatic carbocycles. The van der Waals surface area contributed by atoms with Crippen LogP contribution in [0.1, 0.15) is 35.8 Å². The second-order valence-electron chi connectivity index (χ2n) is 3.08. The van der Waals surface area contributed by atoms with E-state index in [-0.39, 0.29) is 17.0 Å². The molecular weight excluding hydrogens is 156 g/mol. The molecule has 0 spiro atoms. The average molecular weight is 168 g/mol. The summed E-state index contributed by atoms with van der Waals surface area (Å²) in [5.41, 5.74) is 0.693. The normalized spacial score (nSPS) is 10.7. The number of aromatic nitrogens is 2. The molecule has 0 radical (unpaired) electrons. The highest BCUT2D eigenvalue weighted by Gasteiger charge is 2.13. The fourth-order valence-corrected chi connectivity index (χ4v) is 1.14. The highest BCUT2D eigenvalue weighted by Crippen LogP contribution is 2.11. The van der Waals surface area contributed by atoms with Crippen LogP contribution in [-0.4, -0.2) is 16.1 Å². The van der Waals surface area contributed by atoms with Crippen LogP contribution in [0.2, 0.25) is 0 Å². The molecule has 66 valence electrons. The van der Waals surface area contributed by atoms with Gasteiger partial charge >= 0.3 is 0 Å². The van der Waals surface area contributed by atoms with Crippen LogP contribution in [-0.2, 0) is 7.05 Å². The largest absolute Gasteiger partial charge is 0.299 e. The molecule has 1 N–H and O–H groups in total. The molecule has 12 heavy (non-hydrogen) atoms. The van der Waals surface area contributed by atoms with Crippen molar-refractivity contribution in [1.82, 2.24) is 9.78 Å². The lowest BCUT2D eigenvalue weighted by atomic mass is 10.1. The average Bonchev–Trinajstić information content (AvgIpc) is 2.29. The van der Waals surface area contributed by atoms with Crippen molar-refractivity contribution in [2.45, 2.75) is 19.8 Å². The second-order valence-corrected chi connectivity index (χ2v) is 3.08. The van der Waals surface area contributed by atoms with Gasteiger partial charge in [-0.25, -0.2) is 0 Å². The van der Waals surface area contributed by atoms with Crippen LogP contribution in [0, 0.1) is 0 Å². The Morgan fingerprint density at radius 2 is 2.08 bits per heavy atom. The lowest BCUT2D eigenvalue weighted by Crippen LogP contribution is -2.14. The summed E-state index contributed by atoms with van der Waals surface area (Å²) in [5, 5.41) is 2.84.